The Hall–Kier alpha value is -0.260. The van der Waals surface area contributed by atoms with Crippen molar-refractivity contribution in [3.63, 3.8) is 0 Å². The molecule has 0 unspecified atom stereocenters. The number of rotatable bonds is 3. The van der Waals surface area contributed by atoms with E-state index in [4.69, 9.17) is 39.5 Å². The molecule has 2 rings (SSSR count). The summed E-state index contributed by atoms with van der Waals surface area (Å²) in [4.78, 5) is 4.04. The lowest BCUT2D eigenvalue weighted by atomic mass is 9.94. The summed E-state index contributed by atoms with van der Waals surface area (Å²) < 4.78 is 5.21. The van der Waals surface area contributed by atoms with Gasteiger partial charge in [-0.2, -0.15) is 0 Å². The second-order valence-corrected chi connectivity index (χ2v) is 5.45. The van der Waals surface area contributed by atoms with Crippen LogP contribution in [0.5, 0.6) is 0 Å². The molecule has 0 amide bonds. The third-order valence-electron chi connectivity index (χ3n) is 2.90. The standard InChI is InChI=1S/C11H13Cl3N2O2/c12-7-5-8(13)10(16-9(7)14)15-6-11(17)1-3-18-4-2-11/h5,17H,1-4,6H2,(H,15,16). The number of ether oxygens (including phenoxy) is 1. The van der Waals surface area contributed by atoms with Crippen LogP contribution in [0.1, 0.15) is 12.8 Å². The van der Waals surface area contributed by atoms with Crippen molar-refractivity contribution in [3.05, 3.63) is 21.3 Å². The highest BCUT2D eigenvalue weighted by Crippen LogP contribution is 2.29. The zero-order valence-electron chi connectivity index (χ0n) is 9.55. The molecule has 0 spiro atoms. The molecule has 7 heteroatoms. The quantitative estimate of drug-likeness (QED) is 0.843. The fourth-order valence-electron chi connectivity index (χ4n) is 1.74. The van der Waals surface area contributed by atoms with Gasteiger partial charge in [-0.1, -0.05) is 34.8 Å². The first kappa shape index (κ1) is 14.2. The van der Waals surface area contributed by atoms with Crippen molar-refractivity contribution >= 4 is 40.6 Å². The number of pyridine rings is 1. The predicted molar refractivity (Wildman–Crippen MR) is 72.8 cm³/mol. The molecule has 4 nitrogen and oxygen atoms in total. The van der Waals surface area contributed by atoms with E-state index in [2.05, 4.69) is 10.3 Å². The molecule has 0 saturated carbocycles. The summed E-state index contributed by atoms with van der Waals surface area (Å²) >= 11 is 17.6. The molecule has 18 heavy (non-hydrogen) atoms. The van der Waals surface area contributed by atoms with E-state index in [1.54, 1.807) is 0 Å². The highest BCUT2D eigenvalue weighted by atomic mass is 35.5. The van der Waals surface area contributed by atoms with E-state index in [0.29, 0.717) is 48.5 Å². The van der Waals surface area contributed by atoms with Crippen LogP contribution in [0.3, 0.4) is 0 Å². The van der Waals surface area contributed by atoms with Crippen molar-refractivity contribution in [3.8, 4) is 0 Å². The third-order valence-corrected chi connectivity index (χ3v) is 3.86. The summed E-state index contributed by atoms with van der Waals surface area (Å²) in [7, 11) is 0. The molecule has 1 aliphatic heterocycles. The molecule has 0 atom stereocenters. The Bertz CT molecular complexity index is 437. The second-order valence-electron chi connectivity index (χ2n) is 4.28. The van der Waals surface area contributed by atoms with Crippen LogP contribution in [0, 0.1) is 0 Å². The van der Waals surface area contributed by atoms with E-state index in [1.165, 1.54) is 6.07 Å². The van der Waals surface area contributed by atoms with Crippen LogP contribution < -0.4 is 5.32 Å². The number of nitrogens with zero attached hydrogens (tertiary/aromatic N) is 1. The summed E-state index contributed by atoms with van der Waals surface area (Å²) in [6.45, 7) is 1.46. The molecular weight excluding hydrogens is 298 g/mol. The lowest BCUT2D eigenvalue weighted by Crippen LogP contribution is -2.42. The van der Waals surface area contributed by atoms with Gasteiger partial charge in [-0.05, 0) is 6.07 Å². The maximum Gasteiger partial charge on any atom is 0.150 e. The van der Waals surface area contributed by atoms with E-state index >= 15 is 0 Å². The van der Waals surface area contributed by atoms with Crippen molar-refractivity contribution < 1.29 is 9.84 Å². The van der Waals surface area contributed by atoms with Gasteiger partial charge in [0.2, 0.25) is 0 Å². The van der Waals surface area contributed by atoms with E-state index < -0.39 is 5.60 Å². The van der Waals surface area contributed by atoms with Gasteiger partial charge in [0, 0.05) is 32.6 Å². The molecule has 1 aromatic rings. The molecule has 2 heterocycles. The number of anilines is 1. The molecular formula is C11H13Cl3N2O2. The van der Waals surface area contributed by atoms with Crippen LogP contribution in [0.2, 0.25) is 15.2 Å². The van der Waals surface area contributed by atoms with Crippen molar-refractivity contribution in [1.82, 2.24) is 4.98 Å². The molecule has 0 bridgehead atoms. The third kappa shape index (κ3) is 3.39. The fraction of sp³-hybridized carbons (Fsp3) is 0.545. The van der Waals surface area contributed by atoms with Crippen LogP contribution in [-0.4, -0.2) is 35.5 Å². The zero-order chi connectivity index (χ0) is 13.2. The first-order valence-electron chi connectivity index (χ1n) is 5.56. The zero-order valence-corrected chi connectivity index (χ0v) is 11.8. The first-order chi connectivity index (χ1) is 8.50. The monoisotopic (exact) mass is 310 g/mol. The highest BCUT2D eigenvalue weighted by molar-refractivity contribution is 6.42. The Labute approximate surface area is 120 Å². The van der Waals surface area contributed by atoms with Gasteiger partial charge in [-0.25, -0.2) is 4.98 Å². The Morgan fingerprint density at radius 1 is 1.28 bits per heavy atom. The van der Waals surface area contributed by atoms with Crippen molar-refractivity contribution in [2.75, 3.05) is 25.1 Å². The van der Waals surface area contributed by atoms with E-state index in [0.717, 1.165) is 0 Å². The molecule has 2 N–H and O–H groups in total. The topological polar surface area (TPSA) is 54.4 Å². The summed E-state index contributed by atoms with van der Waals surface area (Å²) in [5.74, 6) is 0.422. The number of aliphatic hydroxyl groups is 1. The van der Waals surface area contributed by atoms with Gasteiger partial charge >= 0.3 is 0 Å². The van der Waals surface area contributed by atoms with E-state index in [-0.39, 0.29) is 5.15 Å². The normalized spacial score (nSPS) is 18.7. The predicted octanol–water partition coefficient (Wildman–Crippen LogP) is 3.00. The average molecular weight is 312 g/mol. The number of nitrogens with one attached hydrogen (secondary N) is 1. The van der Waals surface area contributed by atoms with Gasteiger partial charge < -0.3 is 15.2 Å². The molecule has 1 fully saturated rings. The number of halogens is 3. The molecule has 100 valence electrons. The minimum Gasteiger partial charge on any atom is -0.388 e. The van der Waals surface area contributed by atoms with Gasteiger partial charge in [-0.3, -0.25) is 0 Å². The van der Waals surface area contributed by atoms with Gasteiger partial charge in [0.15, 0.2) is 0 Å². The highest BCUT2D eigenvalue weighted by Gasteiger charge is 2.29. The van der Waals surface area contributed by atoms with Crippen LogP contribution >= 0.6 is 34.8 Å². The Morgan fingerprint density at radius 3 is 2.61 bits per heavy atom. The van der Waals surface area contributed by atoms with Crippen LogP contribution in [0.4, 0.5) is 5.82 Å². The van der Waals surface area contributed by atoms with Gasteiger partial charge in [0.1, 0.15) is 11.0 Å². The van der Waals surface area contributed by atoms with Crippen LogP contribution in [-0.2, 0) is 4.74 Å². The van der Waals surface area contributed by atoms with Crippen LogP contribution in [0.15, 0.2) is 6.07 Å². The minimum atomic E-state index is -0.796. The largest absolute Gasteiger partial charge is 0.388 e. The van der Waals surface area contributed by atoms with Gasteiger partial charge in [0.25, 0.3) is 0 Å². The Morgan fingerprint density at radius 2 is 1.94 bits per heavy atom. The second kappa shape index (κ2) is 5.80. The van der Waals surface area contributed by atoms with Crippen LogP contribution in [0.25, 0.3) is 0 Å². The first-order valence-corrected chi connectivity index (χ1v) is 6.69. The Kier molecular flexibility index (Phi) is 4.56. The SMILES string of the molecule is OC1(CNc2nc(Cl)c(Cl)cc2Cl)CCOCC1. The average Bonchev–Trinajstić information content (AvgIpc) is 2.33. The summed E-state index contributed by atoms with van der Waals surface area (Å²) in [6, 6.07) is 1.52. The van der Waals surface area contributed by atoms with Crippen molar-refractivity contribution in [2.24, 2.45) is 0 Å². The smallest absolute Gasteiger partial charge is 0.150 e. The van der Waals surface area contributed by atoms with Crippen molar-refractivity contribution in [1.29, 1.82) is 0 Å². The number of aromatic nitrogens is 1. The van der Waals surface area contributed by atoms with Crippen molar-refractivity contribution in [2.45, 2.75) is 18.4 Å². The lowest BCUT2D eigenvalue weighted by Gasteiger charge is -2.32. The molecule has 1 aliphatic rings. The molecule has 0 aromatic carbocycles. The van der Waals surface area contributed by atoms with E-state index in [9.17, 15) is 5.11 Å². The summed E-state index contributed by atoms with van der Waals surface area (Å²) in [5.41, 5.74) is -0.796. The number of hydrogen-bond acceptors (Lipinski definition) is 4. The minimum absolute atomic E-state index is 0.183. The summed E-state index contributed by atoms with van der Waals surface area (Å²) in [5, 5.41) is 14.1. The number of hydrogen-bond donors (Lipinski definition) is 2. The van der Waals surface area contributed by atoms with Gasteiger partial charge in [-0.15, -0.1) is 0 Å². The lowest BCUT2D eigenvalue weighted by molar-refractivity contribution is -0.0543. The molecule has 1 aromatic heterocycles. The molecule has 1 saturated heterocycles. The summed E-state index contributed by atoms with van der Waals surface area (Å²) in [6.07, 6.45) is 1.16. The fourth-order valence-corrected chi connectivity index (χ4v) is 2.31. The maximum atomic E-state index is 10.3. The Balaban J connectivity index is 2.03. The molecule has 0 radical (unpaired) electrons. The maximum absolute atomic E-state index is 10.3. The molecule has 0 aliphatic carbocycles. The van der Waals surface area contributed by atoms with E-state index in [1.807, 2.05) is 0 Å². The van der Waals surface area contributed by atoms with Gasteiger partial charge in [0.05, 0.1) is 15.6 Å².